The lowest BCUT2D eigenvalue weighted by Gasteiger charge is -2.21. The minimum atomic E-state index is -0.708. The Morgan fingerprint density at radius 1 is 1.50 bits per heavy atom. The smallest absolute Gasteiger partial charge is 0.345 e. The second kappa shape index (κ2) is 7.37. The van der Waals surface area contributed by atoms with E-state index >= 15 is 0 Å². The van der Waals surface area contributed by atoms with Crippen molar-refractivity contribution < 1.29 is 24.1 Å². The Morgan fingerprint density at radius 3 is 3.04 bits per heavy atom. The molecule has 11 heteroatoms. The van der Waals surface area contributed by atoms with Gasteiger partial charge in [0.05, 0.1) is 24.9 Å². The summed E-state index contributed by atoms with van der Waals surface area (Å²) in [4.78, 5) is 46.4. The number of carbonyl (C=O) groups excluding carboxylic acids is 3. The molecule has 3 rings (SSSR count). The molecule has 3 N–H and O–H groups in total. The number of primary amides is 1. The van der Waals surface area contributed by atoms with Gasteiger partial charge < -0.3 is 10.6 Å². The van der Waals surface area contributed by atoms with Gasteiger partial charge in [0, 0.05) is 12.7 Å². The number of amides is 4. The van der Waals surface area contributed by atoms with E-state index in [9.17, 15) is 14.4 Å². The number of carbonyl (C=O) groups is 3. The highest BCUT2D eigenvalue weighted by Gasteiger charge is 2.41. The molecule has 11 nitrogen and oxygen atoms in total. The third-order valence-electron chi connectivity index (χ3n) is 3.73. The summed E-state index contributed by atoms with van der Waals surface area (Å²) in [6.07, 6.45) is 5.02. The molecule has 1 aromatic rings. The fourth-order valence-electron chi connectivity index (χ4n) is 2.65. The Labute approximate surface area is 148 Å². The van der Waals surface area contributed by atoms with Crippen LogP contribution in [-0.2, 0) is 14.5 Å². The molecule has 3 heterocycles. The van der Waals surface area contributed by atoms with Crippen LogP contribution in [0.3, 0.4) is 0 Å². The molecule has 1 fully saturated rings. The standard InChI is InChI=1S/C15H18N6O5/c1-2-5-26-21-11-6-10(7-19(8-11)15(21)24)20-4-3-12(17-20)14(23)18-25-9-13(16)22/h2-4,6,11H,1,5,7-9H2,(H2,16,22)(H,18,23). The monoisotopic (exact) mass is 362 g/mol. The lowest BCUT2D eigenvalue weighted by atomic mass is 10.2. The maximum absolute atomic E-state index is 12.3. The minimum absolute atomic E-state index is 0.0920. The summed E-state index contributed by atoms with van der Waals surface area (Å²) in [5.74, 6) is -1.32. The second-order valence-electron chi connectivity index (χ2n) is 5.63. The highest BCUT2D eigenvalue weighted by Crippen LogP contribution is 2.26. The first-order chi connectivity index (χ1) is 12.5. The molecule has 2 bridgehead atoms. The molecule has 26 heavy (non-hydrogen) atoms. The third kappa shape index (κ3) is 3.58. The van der Waals surface area contributed by atoms with Gasteiger partial charge >= 0.3 is 6.03 Å². The second-order valence-corrected chi connectivity index (χ2v) is 5.63. The van der Waals surface area contributed by atoms with Crippen molar-refractivity contribution in [3.8, 4) is 0 Å². The van der Waals surface area contributed by atoms with E-state index in [1.165, 1.54) is 15.8 Å². The molecule has 138 valence electrons. The van der Waals surface area contributed by atoms with Crippen molar-refractivity contribution in [1.82, 2.24) is 25.2 Å². The zero-order valence-corrected chi connectivity index (χ0v) is 13.8. The van der Waals surface area contributed by atoms with Gasteiger partial charge in [0.1, 0.15) is 0 Å². The van der Waals surface area contributed by atoms with Crippen LogP contribution in [0.4, 0.5) is 4.79 Å². The van der Waals surface area contributed by atoms with E-state index in [-0.39, 0.29) is 24.4 Å². The molecule has 0 saturated carbocycles. The molecule has 0 spiro atoms. The summed E-state index contributed by atoms with van der Waals surface area (Å²) in [5, 5.41) is 5.48. The summed E-state index contributed by atoms with van der Waals surface area (Å²) in [7, 11) is 0. The van der Waals surface area contributed by atoms with E-state index in [0.29, 0.717) is 13.1 Å². The van der Waals surface area contributed by atoms with Gasteiger partial charge in [-0.25, -0.2) is 15.0 Å². The van der Waals surface area contributed by atoms with Crippen LogP contribution in [0.1, 0.15) is 10.5 Å². The minimum Gasteiger partial charge on any atom is -0.368 e. The number of fused-ring (bicyclic) bond motifs is 2. The quantitative estimate of drug-likeness (QED) is 0.455. The number of nitrogens with two attached hydrogens (primary N) is 1. The predicted octanol–water partition coefficient (Wildman–Crippen LogP) is -0.892. The first-order valence-corrected chi connectivity index (χ1v) is 7.78. The number of hydroxylamine groups is 3. The average Bonchev–Trinajstić information content (AvgIpc) is 3.18. The molecule has 1 saturated heterocycles. The van der Waals surface area contributed by atoms with Gasteiger partial charge in [0.15, 0.2) is 12.3 Å². The number of nitrogens with one attached hydrogen (secondary N) is 1. The van der Waals surface area contributed by atoms with Gasteiger partial charge in [-0.15, -0.1) is 6.58 Å². The molecule has 2 aliphatic heterocycles. The van der Waals surface area contributed by atoms with Crippen LogP contribution in [0.2, 0.25) is 0 Å². The number of hydrogen-bond donors (Lipinski definition) is 2. The highest BCUT2D eigenvalue weighted by molar-refractivity contribution is 5.91. The summed E-state index contributed by atoms with van der Waals surface area (Å²) in [6, 6.07) is 1.02. The molecular weight excluding hydrogens is 344 g/mol. The third-order valence-corrected chi connectivity index (χ3v) is 3.73. The van der Waals surface area contributed by atoms with Crippen LogP contribution in [0.15, 0.2) is 31.0 Å². The van der Waals surface area contributed by atoms with E-state index < -0.39 is 18.4 Å². The molecule has 0 radical (unpaired) electrons. The number of hydrogen-bond acceptors (Lipinski definition) is 6. The lowest BCUT2D eigenvalue weighted by Crippen LogP contribution is -2.33. The van der Waals surface area contributed by atoms with Crippen LogP contribution in [-0.4, -0.2) is 69.9 Å². The topological polar surface area (TPSA) is 132 Å². The molecule has 0 aromatic carbocycles. The largest absolute Gasteiger partial charge is 0.368 e. The molecule has 4 amide bonds. The number of urea groups is 1. The van der Waals surface area contributed by atoms with Crippen molar-refractivity contribution in [2.75, 3.05) is 26.3 Å². The van der Waals surface area contributed by atoms with Gasteiger partial charge in [0.2, 0.25) is 5.91 Å². The van der Waals surface area contributed by atoms with Crippen molar-refractivity contribution >= 4 is 23.5 Å². The van der Waals surface area contributed by atoms with E-state index in [1.807, 2.05) is 6.08 Å². The zero-order valence-electron chi connectivity index (χ0n) is 13.8. The van der Waals surface area contributed by atoms with Gasteiger partial charge in [0.25, 0.3) is 5.91 Å². The number of nitrogens with zero attached hydrogens (tertiary/aromatic N) is 4. The Kier molecular flexibility index (Phi) is 5.00. The first-order valence-electron chi connectivity index (χ1n) is 7.78. The van der Waals surface area contributed by atoms with Gasteiger partial charge in [-0.3, -0.25) is 19.3 Å². The molecule has 2 aliphatic rings. The Morgan fingerprint density at radius 2 is 2.31 bits per heavy atom. The van der Waals surface area contributed by atoms with Crippen LogP contribution < -0.4 is 11.2 Å². The Bertz CT molecular complexity index is 772. The first kappa shape index (κ1) is 17.6. The van der Waals surface area contributed by atoms with E-state index in [4.69, 9.17) is 10.6 Å². The molecule has 1 aromatic heterocycles. The fraction of sp³-hybridized carbons (Fsp3) is 0.333. The maximum Gasteiger partial charge on any atom is 0.345 e. The van der Waals surface area contributed by atoms with Crippen molar-refractivity contribution in [3.05, 3.63) is 36.7 Å². The maximum atomic E-state index is 12.3. The van der Waals surface area contributed by atoms with Crippen LogP contribution in [0, 0.1) is 0 Å². The molecule has 0 aliphatic carbocycles. The number of rotatable bonds is 8. The predicted molar refractivity (Wildman–Crippen MR) is 87.9 cm³/mol. The number of aromatic nitrogens is 2. The molecular formula is C15H18N6O5. The SMILES string of the molecule is C=CCON1C(=O)N2CC(n3ccc(C(=O)NOCC(N)=O)n3)=CC1C2. The van der Waals surface area contributed by atoms with E-state index in [0.717, 1.165) is 5.70 Å². The fourth-order valence-corrected chi connectivity index (χ4v) is 2.65. The lowest BCUT2D eigenvalue weighted by molar-refractivity contribution is -0.124. The van der Waals surface area contributed by atoms with Crippen LogP contribution in [0.5, 0.6) is 0 Å². The molecule has 1 atom stereocenters. The normalized spacial score (nSPS) is 18.7. The van der Waals surface area contributed by atoms with Gasteiger partial charge in [-0.1, -0.05) is 6.08 Å². The summed E-state index contributed by atoms with van der Waals surface area (Å²) in [5.41, 5.74) is 7.81. The summed E-state index contributed by atoms with van der Waals surface area (Å²) < 4.78 is 1.51. The average molecular weight is 362 g/mol. The van der Waals surface area contributed by atoms with E-state index in [2.05, 4.69) is 22.0 Å². The van der Waals surface area contributed by atoms with Gasteiger partial charge in [-0.05, 0) is 12.1 Å². The zero-order chi connectivity index (χ0) is 18.7. The summed E-state index contributed by atoms with van der Waals surface area (Å²) >= 11 is 0. The van der Waals surface area contributed by atoms with Crippen molar-refractivity contribution in [2.24, 2.45) is 5.73 Å². The Balaban J connectivity index is 1.68. The van der Waals surface area contributed by atoms with Gasteiger partial charge in [-0.2, -0.15) is 10.2 Å². The highest BCUT2D eigenvalue weighted by atomic mass is 16.7. The van der Waals surface area contributed by atoms with Crippen molar-refractivity contribution in [3.63, 3.8) is 0 Å². The van der Waals surface area contributed by atoms with Crippen LogP contribution in [0.25, 0.3) is 5.70 Å². The Hall–Kier alpha value is -3.18. The van der Waals surface area contributed by atoms with E-state index in [1.54, 1.807) is 17.2 Å². The van der Waals surface area contributed by atoms with Crippen LogP contribution >= 0.6 is 0 Å². The summed E-state index contributed by atoms with van der Waals surface area (Å²) in [6.45, 7) is 4.22. The molecule has 1 unspecified atom stereocenters. The van der Waals surface area contributed by atoms with Crippen molar-refractivity contribution in [1.29, 1.82) is 0 Å². The van der Waals surface area contributed by atoms with Crippen molar-refractivity contribution in [2.45, 2.75) is 6.04 Å².